The second-order valence-corrected chi connectivity index (χ2v) is 14.6. The van der Waals surface area contributed by atoms with Gasteiger partial charge in [0.15, 0.2) is 28.4 Å². The number of ether oxygens (including phenoxy) is 1. The van der Waals surface area contributed by atoms with Crippen LogP contribution >= 0.6 is 35.6 Å². The molecule has 0 bridgehead atoms. The fraction of sp³-hybridized carbons (Fsp3) is 0.296. The van der Waals surface area contributed by atoms with Gasteiger partial charge in [-0.1, -0.05) is 49.2 Å². The van der Waals surface area contributed by atoms with E-state index in [0.29, 0.717) is 18.3 Å². The molecule has 2 aromatic carbocycles. The van der Waals surface area contributed by atoms with Crippen LogP contribution < -0.4 is 53.9 Å². The number of aliphatic hydroxyl groups excluding tert-OH is 1. The van der Waals surface area contributed by atoms with Crippen LogP contribution in [0.5, 0.6) is 5.75 Å². The predicted octanol–water partition coefficient (Wildman–Crippen LogP) is -0.769. The summed E-state index contributed by atoms with van der Waals surface area (Å²) in [4.78, 5) is 31.9. The molecule has 1 aliphatic heterocycles. The molecule has 1 unspecified atom stereocenters. The second-order valence-electron chi connectivity index (χ2n) is 10.6. The van der Waals surface area contributed by atoms with E-state index in [4.69, 9.17) is 61.7 Å². The minimum Gasteiger partial charge on any atom is -0.491 e. The number of guanidine groups is 1. The van der Waals surface area contributed by atoms with Crippen molar-refractivity contribution in [3.63, 3.8) is 0 Å². The largest absolute Gasteiger partial charge is 0.491 e. The Morgan fingerprint density at radius 2 is 1.69 bits per heavy atom. The Morgan fingerprint density at radius 1 is 1.08 bits per heavy atom. The molecule has 1 aromatic heterocycles. The molecule has 0 radical (unpaired) electrons. The zero-order valence-corrected chi connectivity index (χ0v) is 31.5. The fourth-order valence-electron chi connectivity index (χ4n) is 3.71. The van der Waals surface area contributed by atoms with E-state index in [1.54, 1.807) is 24.3 Å². The van der Waals surface area contributed by atoms with Crippen LogP contribution in [0, 0.1) is 0 Å². The number of sulfonamides is 2. The van der Waals surface area contributed by atoms with Crippen molar-refractivity contribution in [3.05, 3.63) is 57.8 Å². The van der Waals surface area contributed by atoms with E-state index in [1.807, 2.05) is 13.8 Å². The van der Waals surface area contributed by atoms with E-state index in [0.717, 1.165) is 11.6 Å². The van der Waals surface area contributed by atoms with E-state index in [-0.39, 0.29) is 76.1 Å². The third-order valence-corrected chi connectivity index (χ3v) is 9.11. The summed E-state index contributed by atoms with van der Waals surface area (Å²) < 4.78 is 53.3. The van der Waals surface area contributed by atoms with Crippen molar-refractivity contribution in [2.75, 3.05) is 36.6 Å². The number of carbonyl (C=O) groups is 2. The molecule has 1 aliphatic rings. The lowest BCUT2D eigenvalue weighted by atomic mass is 10.1. The van der Waals surface area contributed by atoms with Crippen molar-refractivity contribution >= 4 is 90.8 Å². The second kappa shape index (κ2) is 20.1. The average molecular weight is 830 g/mol. The third-order valence-electron chi connectivity index (χ3n) is 6.02. The maximum absolute atomic E-state index is 11.6. The predicted molar refractivity (Wildman–Crippen MR) is 199 cm³/mol. The van der Waals surface area contributed by atoms with Gasteiger partial charge < -0.3 is 49.1 Å². The van der Waals surface area contributed by atoms with Crippen molar-refractivity contribution in [2.45, 2.75) is 42.2 Å². The molecule has 20 nitrogen and oxygen atoms in total. The molecule has 52 heavy (non-hydrogen) atoms. The van der Waals surface area contributed by atoms with Gasteiger partial charge >= 0.3 is 5.91 Å². The van der Waals surface area contributed by atoms with Gasteiger partial charge in [0.1, 0.15) is 28.3 Å². The summed E-state index contributed by atoms with van der Waals surface area (Å²) >= 11 is 11.3. The number of rotatable bonds is 10. The molecular weight excluding hydrogens is 791 g/mol. The monoisotopic (exact) mass is 828 g/mol. The van der Waals surface area contributed by atoms with Crippen molar-refractivity contribution in [3.8, 4) is 5.75 Å². The molecule has 2 amide bonds. The summed E-state index contributed by atoms with van der Waals surface area (Å²) in [5.74, 6) is -1.20. The first-order chi connectivity index (χ1) is 23.6. The summed E-state index contributed by atoms with van der Waals surface area (Å²) in [5.41, 5.74) is 26.7. The van der Waals surface area contributed by atoms with E-state index >= 15 is 0 Å². The molecule has 0 saturated carbocycles. The molecule has 288 valence electrons. The number of carbonyl (C=O) groups excluding carboxylic acids is 2. The third kappa shape index (κ3) is 14.8. The van der Waals surface area contributed by atoms with Gasteiger partial charge in [-0.05, 0) is 29.8 Å². The van der Waals surface area contributed by atoms with Gasteiger partial charge in [0, 0.05) is 12.6 Å². The van der Waals surface area contributed by atoms with Crippen LogP contribution in [0.4, 0.5) is 17.3 Å². The molecule has 1 atom stereocenters. The van der Waals surface area contributed by atoms with E-state index in [1.165, 1.54) is 6.07 Å². The molecule has 16 N–H and O–H groups in total. The van der Waals surface area contributed by atoms with Crippen molar-refractivity contribution < 1.29 is 36.3 Å². The van der Waals surface area contributed by atoms with Gasteiger partial charge in [0.2, 0.25) is 26.0 Å². The molecule has 4 rings (SSSR count). The summed E-state index contributed by atoms with van der Waals surface area (Å²) in [5, 5.41) is 20.2. The summed E-state index contributed by atoms with van der Waals surface area (Å²) in [7, 11) is -7.80. The van der Waals surface area contributed by atoms with E-state index in [9.17, 15) is 31.5 Å². The number of nitrogens with one attached hydrogen (secondary N) is 3. The van der Waals surface area contributed by atoms with Crippen molar-refractivity contribution in [2.24, 2.45) is 27.3 Å². The maximum Gasteiger partial charge on any atom is 0.302 e. The van der Waals surface area contributed by atoms with Crippen LogP contribution in [0.3, 0.4) is 0 Å². The molecule has 0 spiro atoms. The first-order valence-corrected chi connectivity index (χ1v) is 18.1. The lowest BCUT2D eigenvalue weighted by molar-refractivity contribution is -0.117. The Hall–Kier alpha value is -4.26. The standard InChI is InChI=1S/C14H22N2O3.C7H8ClN3O4S2.C6H8ClN7O.ClH/c1-10(2)16-8-12(17)9-19-13-5-3-11(4-6-13)7-14(15)18;8-4-1-5-7(2-6(4)16(9,12)13)17(14,15)11-3-10-5;7-2-4(9)13-3(8)1(12-2)5(15)14-6(10)11;/h3-6,10,12,16-17H,7-9H2,1-2H3,(H2,15,18);1-2,10-11H,3H2,(H2,9,12,13);(H4,8,9,13)(H4,10,11,14,15);1H. The number of anilines is 3. The molecule has 0 aliphatic carbocycles. The first-order valence-electron chi connectivity index (χ1n) is 14.3. The van der Waals surface area contributed by atoms with Gasteiger partial charge in [-0.2, -0.15) is 9.71 Å². The van der Waals surface area contributed by atoms with E-state index in [2.05, 4.69) is 30.3 Å². The van der Waals surface area contributed by atoms with Crippen LogP contribution in [-0.4, -0.2) is 81.7 Å². The van der Waals surface area contributed by atoms with Gasteiger partial charge in [-0.3, -0.25) is 9.59 Å². The van der Waals surface area contributed by atoms with E-state index < -0.39 is 42.9 Å². The number of amides is 2. The van der Waals surface area contributed by atoms with Crippen LogP contribution in [0.15, 0.2) is 51.2 Å². The van der Waals surface area contributed by atoms with Crippen LogP contribution in [0.25, 0.3) is 0 Å². The van der Waals surface area contributed by atoms with Crippen LogP contribution in [-0.2, 0) is 31.3 Å². The highest BCUT2D eigenvalue weighted by atomic mass is 35.5. The molecule has 25 heteroatoms. The highest BCUT2D eigenvalue weighted by Crippen LogP contribution is 2.32. The highest BCUT2D eigenvalue weighted by Gasteiger charge is 2.27. The number of benzene rings is 2. The number of primary amides is 1. The summed E-state index contributed by atoms with van der Waals surface area (Å²) in [6, 6.07) is 9.60. The Balaban J connectivity index is 0.000000389. The maximum atomic E-state index is 11.6. The smallest absolute Gasteiger partial charge is 0.302 e. The Bertz CT molecular complexity index is 1970. The Morgan fingerprint density at radius 3 is 2.23 bits per heavy atom. The molecule has 2 heterocycles. The minimum atomic E-state index is -4.07. The lowest BCUT2D eigenvalue weighted by Crippen LogP contribution is -2.35. The number of aromatic nitrogens is 2. The summed E-state index contributed by atoms with van der Waals surface area (Å²) in [6.07, 6.45) is -0.325. The number of aliphatic hydroxyl groups is 1. The molecule has 3 aromatic rings. The average Bonchev–Trinajstić information content (AvgIpc) is 3.00. The Labute approximate surface area is 315 Å². The normalized spacial score (nSPS) is 13.3. The van der Waals surface area contributed by atoms with Gasteiger partial charge in [0.05, 0.1) is 23.8 Å². The SMILES string of the molecule is CC(C)NCC(O)COc1ccc(CC(N)=O)cc1.Cl.NC(N)=NC(=O)c1nc(Cl)c(N)nc1N.NS(=O)(=O)c1cc2c(cc1Cl)NCNS2(=O)=O. The van der Waals surface area contributed by atoms with Crippen molar-refractivity contribution in [1.29, 1.82) is 0 Å². The van der Waals surface area contributed by atoms with Crippen LogP contribution in [0.1, 0.15) is 29.9 Å². The number of nitrogen functional groups attached to an aromatic ring is 2. The number of fused-ring (bicyclic) bond motifs is 1. The molecule has 0 fully saturated rings. The first kappa shape index (κ1) is 45.8. The quantitative estimate of drug-likeness (QED) is 0.0886. The van der Waals surface area contributed by atoms with Gasteiger partial charge in [-0.15, -0.1) is 12.4 Å². The number of halogens is 3. The molecule has 0 saturated heterocycles. The number of aliphatic imine (C=N–C) groups is 1. The summed E-state index contributed by atoms with van der Waals surface area (Å²) in [6.45, 7) is 4.78. The number of primary sulfonamides is 1. The zero-order valence-electron chi connectivity index (χ0n) is 27.5. The van der Waals surface area contributed by atoms with Gasteiger partial charge in [-0.25, -0.2) is 31.9 Å². The number of nitrogens with zero attached hydrogens (tertiary/aromatic N) is 3. The number of hydrogen-bond acceptors (Lipinski definition) is 14. The highest BCUT2D eigenvalue weighted by molar-refractivity contribution is 7.90. The topological polar surface area (TPSA) is 362 Å². The zero-order chi connectivity index (χ0) is 38.7. The number of nitrogens with two attached hydrogens (primary N) is 6. The fourth-order valence-corrected chi connectivity index (χ4v) is 6.13. The van der Waals surface area contributed by atoms with Crippen LogP contribution in [0.2, 0.25) is 10.2 Å². The minimum absolute atomic E-state index is 0. The Kier molecular flexibility index (Phi) is 17.7. The van der Waals surface area contributed by atoms with Gasteiger partial charge in [0.25, 0.3) is 0 Å². The number of hydrogen-bond donors (Lipinski definition) is 10. The lowest BCUT2D eigenvalue weighted by Gasteiger charge is -2.20. The molecular formula is C27H39Cl3N12O8S2. The van der Waals surface area contributed by atoms with Crippen molar-refractivity contribution in [1.82, 2.24) is 20.0 Å².